The molecule has 1 aliphatic rings. The maximum atomic E-state index is 12.0. The van der Waals surface area contributed by atoms with Crippen molar-refractivity contribution in [3.05, 3.63) is 28.0 Å². The van der Waals surface area contributed by atoms with Gasteiger partial charge < -0.3 is 9.73 Å². The molecule has 1 aliphatic heterocycles. The monoisotopic (exact) mass is 295 g/mol. The second kappa shape index (κ2) is 6.71. The molecular weight excluding hydrogens is 274 g/mol. The zero-order valence-electron chi connectivity index (χ0n) is 12.4. The van der Waals surface area contributed by atoms with Gasteiger partial charge >= 0.3 is 5.88 Å². The van der Waals surface area contributed by atoms with Crippen LogP contribution in [0.15, 0.2) is 16.5 Å². The third-order valence-electron chi connectivity index (χ3n) is 3.85. The van der Waals surface area contributed by atoms with Gasteiger partial charge in [-0.05, 0) is 37.9 Å². The highest BCUT2D eigenvalue weighted by molar-refractivity contribution is 5.91. The predicted octanol–water partition coefficient (Wildman–Crippen LogP) is 2.04. The van der Waals surface area contributed by atoms with E-state index in [1.54, 1.807) is 0 Å². The van der Waals surface area contributed by atoms with Crippen LogP contribution in [0.5, 0.6) is 0 Å². The molecule has 1 aromatic heterocycles. The van der Waals surface area contributed by atoms with E-state index in [9.17, 15) is 14.9 Å². The first-order valence-corrected chi connectivity index (χ1v) is 7.25. The topological polar surface area (TPSA) is 88.6 Å². The Morgan fingerprint density at radius 2 is 2.10 bits per heavy atom. The number of likely N-dealkylation sites (tertiary alicyclic amines) is 1. The van der Waals surface area contributed by atoms with Crippen molar-refractivity contribution in [2.24, 2.45) is 5.92 Å². The Kier molecular flexibility index (Phi) is 4.95. The molecule has 0 aromatic carbocycles. The molecule has 7 nitrogen and oxygen atoms in total. The quantitative estimate of drug-likeness (QED) is 0.641. The van der Waals surface area contributed by atoms with Gasteiger partial charge in [0.2, 0.25) is 0 Å². The lowest BCUT2D eigenvalue weighted by atomic mass is 10.0. The number of furan rings is 1. The Labute approximate surface area is 123 Å². The largest absolute Gasteiger partial charge is 0.433 e. The van der Waals surface area contributed by atoms with Gasteiger partial charge in [-0.25, -0.2) is 0 Å². The molecular formula is C14H21N3O4. The van der Waals surface area contributed by atoms with E-state index < -0.39 is 16.7 Å². The van der Waals surface area contributed by atoms with E-state index in [2.05, 4.69) is 24.1 Å². The van der Waals surface area contributed by atoms with Gasteiger partial charge in [-0.15, -0.1) is 0 Å². The van der Waals surface area contributed by atoms with E-state index >= 15 is 0 Å². The van der Waals surface area contributed by atoms with Crippen LogP contribution in [0.2, 0.25) is 0 Å². The highest BCUT2D eigenvalue weighted by Crippen LogP contribution is 2.18. The summed E-state index contributed by atoms with van der Waals surface area (Å²) >= 11 is 0. The van der Waals surface area contributed by atoms with E-state index in [4.69, 9.17) is 4.42 Å². The minimum atomic E-state index is -0.655. The number of nitrogens with one attached hydrogen (secondary N) is 1. The molecule has 2 rings (SSSR count). The van der Waals surface area contributed by atoms with Gasteiger partial charge in [0.1, 0.15) is 4.92 Å². The second-order valence-corrected chi connectivity index (χ2v) is 5.66. The third kappa shape index (κ3) is 3.81. The third-order valence-corrected chi connectivity index (χ3v) is 3.85. The minimum Gasteiger partial charge on any atom is -0.395 e. The van der Waals surface area contributed by atoms with Crippen molar-refractivity contribution >= 4 is 11.8 Å². The number of hydrogen-bond donors (Lipinski definition) is 1. The fourth-order valence-electron chi connectivity index (χ4n) is 2.69. The first-order chi connectivity index (χ1) is 9.99. The standard InChI is InChI=1S/C14H21N3O4/c1-10(2)11(16-7-3-4-8-16)9-15-14(18)12-5-6-13(21-12)17(19)20/h5-6,10-11H,3-4,7-9H2,1-2H3,(H,15,18). The molecule has 0 spiro atoms. The molecule has 2 heterocycles. The molecule has 1 saturated heterocycles. The lowest BCUT2D eigenvalue weighted by Crippen LogP contribution is -2.45. The molecule has 0 radical (unpaired) electrons. The van der Waals surface area contributed by atoms with Gasteiger partial charge in [-0.1, -0.05) is 13.8 Å². The van der Waals surface area contributed by atoms with Crippen molar-refractivity contribution in [2.45, 2.75) is 32.7 Å². The Balaban J connectivity index is 1.93. The number of carbonyl (C=O) groups excluding carboxylic acids is 1. The molecule has 7 heteroatoms. The van der Waals surface area contributed by atoms with Crippen LogP contribution in [0.4, 0.5) is 5.88 Å². The summed E-state index contributed by atoms with van der Waals surface area (Å²) in [5.74, 6) is -0.423. The summed E-state index contributed by atoms with van der Waals surface area (Å²) in [5, 5.41) is 13.4. The van der Waals surface area contributed by atoms with E-state index in [0.717, 1.165) is 13.1 Å². The van der Waals surface area contributed by atoms with Crippen LogP contribution in [-0.4, -0.2) is 41.4 Å². The van der Waals surface area contributed by atoms with Crippen LogP contribution >= 0.6 is 0 Å². The fraction of sp³-hybridized carbons (Fsp3) is 0.643. The van der Waals surface area contributed by atoms with E-state index in [-0.39, 0.29) is 11.8 Å². The Morgan fingerprint density at radius 1 is 1.43 bits per heavy atom. The molecule has 116 valence electrons. The number of nitrogens with zero attached hydrogens (tertiary/aromatic N) is 2. The van der Waals surface area contributed by atoms with Gasteiger partial charge in [0.15, 0.2) is 5.76 Å². The molecule has 1 unspecified atom stereocenters. The second-order valence-electron chi connectivity index (χ2n) is 5.66. The summed E-state index contributed by atoms with van der Waals surface area (Å²) < 4.78 is 4.90. The average Bonchev–Trinajstić information content (AvgIpc) is 3.09. The van der Waals surface area contributed by atoms with Crippen molar-refractivity contribution in [1.29, 1.82) is 0 Å². The van der Waals surface area contributed by atoms with Crippen LogP contribution in [0, 0.1) is 16.0 Å². The van der Waals surface area contributed by atoms with Gasteiger partial charge in [0.05, 0.1) is 6.07 Å². The molecule has 1 atom stereocenters. The highest BCUT2D eigenvalue weighted by Gasteiger charge is 2.25. The normalized spacial score (nSPS) is 17.1. The molecule has 0 aliphatic carbocycles. The zero-order valence-corrected chi connectivity index (χ0v) is 12.4. The maximum absolute atomic E-state index is 12.0. The van der Waals surface area contributed by atoms with Crippen molar-refractivity contribution in [1.82, 2.24) is 10.2 Å². The minimum absolute atomic E-state index is 0.0226. The molecule has 1 amide bonds. The summed E-state index contributed by atoms with van der Waals surface area (Å²) in [5.41, 5.74) is 0. The Bertz CT molecular complexity index is 506. The first-order valence-electron chi connectivity index (χ1n) is 7.25. The smallest absolute Gasteiger partial charge is 0.395 e. The molecule has 0 bridgehead atoms. The summed E-state index contributed by atoms with van der Waals surface area (Å²) in [4.78, 5) is 24.2. The lowest BCUT2D eigenvalue weighted by molar-refractivity contribution is -0.402. The van der Waals surface area contributed by atoms with Gasteiger partial charge in [-0.3, -0.25) is 19.8 Å². The van der Waals surface area contributed by atoms with Crippen LogP contribution < -0.4 is 5.32 Å². The summed E-state index contributed by atoms with van der Waals surface area (Å²) in [6.07, 6.45) is 2.39. The number of hydrogen-bond acceptors (Lipinski definition) is 5. The molecule has 21 heavy (non-hydrogen) atoms. The van der Waals surface area contributed by atoms with E-state index in [1.165, 1.54) is 25.0 Å². The molecule has 1 fully saturated rings. The van der Waals surface area contributed by atoms with Crippen LogP contribution in [0.3, 0.4) is 0 Å². The Morgan fingerprint density at radius 3 is 2.62 bits per heavy atom. The van der Waals surface area contributed by atoms with Crippen LogP contribution in [0.1, 0.15) is 37.2 Å². The van der Waals surface area contributed by atoms with Gasteiger partial charge in [-0.2, -0.15) is 0 Å². The average molecular weight is 295 g/mol. The SMILES string of the molecule is CC(C)C(CNC(=O)c1ccc([N+](=O)[O-])o1)N1CCCC1. The summed E-state index contributed by atoms with van der Waals surface area (Å²) in [6.45, 7) is 6.90. The van der Waals surface area contributed by atoms with E-state index in [0.29, 0.717) is 12.5 Å². The van der Waals surface area contributed by atoms with E-state index in [1.807, 2.05) is 0 Å². The molecule has 1 N–H and O–H groups in total. The van der Waals surface area contributed by atoms with Crippen molar-refractivity contribution < 1.29 is 14.1 Å². The number of rotatable bonds is 6. The van der Waals surface area contributed by atoms with Gasteiger partial charge in [0, 0.05) is 12.6 Å². The summed E-state index contributed by atoms with van der Waals surface area (Å²) in [6, 6.07) is 2.80. The van der Waals surface area contributed by atoms with Crippen LogP contribution in [0.25, 0.3) is 0 Å². The first kappa shape index (κ1) is 15.5. The number of amides is 1. The number of carbonyl (C=O) groups is 1. The van der Waals surface area contributed by atoms with Crippen molar-refractivity contribution in [2.75, 3.05) is 19.6 Å². The van der Waals surface area contributed by atoms with Crippen molar-refractivity contribution in [3.63, 3.8) is 0 Å². The highest BCUT2D eigenvalue weighted by atomic mass is 16.6. The van der Waals surface area contributed by atoms with Crippen LogP contribution in [-0.2, 0) is 0 Å². The van der Waals surface area contributed by atoms with Gasteiger partial charge in [0.25, 0.3) is 5.91 Å². The van der Waals surface area contributed by atoms with Crippen molar-refractivity contribution in [3.8, 4) is 0 Å². The molecule has 1 aromatic rings. The number of nitro groups is 1. The fourth-order valence-corrected chi connectivity index (χ4v) is 2.69. The molecule has 0 saturated carbocycles. The maximum Gasteiger partial charge on any atom is 0.433 e. The predicted molar refractivity (Wildman–Crippen MR) is 77.1 cm³/mol. The zero-order chi connectivity index (χ0) is 15.4. The lowest BCUT2D eigenvalue weighted by Gasteiger charge is -2.30. The Hall–Kier alpha value is -1.89. The summed E-state index contributed by atoms with van der Waals surface area (Å²) in [7, 11) is 0.